The summed E-state index contributed by atoms with van der Waals surface area (Å²) in [7, 11) is 0. The van der Waals surface area contributed by atoms with Crippen LogP contribution in [0.5, 0.6) is 0 Å². The second-order valence-electron chi connectivity index (χ2n) is 4.46. The maximum Gasteiger partial charge on any atom is 0.440 e. The van der Waals surface area contributed by atoms with Crippen molar-refractivity contribution in [2.45, 2.75) is 42.3 Å². The molecule has 0 radical (unpaired) electrons. The maximum atomic E-state index is 11.3. The lowest BCUT2D eigenvalue weighted by atomic mass is 10.0. The third kappa shape index (κ3) is 8.39. The first-order valence-corrected chi connectivity index (χ1v) is 7.19. The molecule has 1 amide bonds. The lowest BCUT2D eigenvalue weighted by molar-refractivity contribution is -0.150. The van der Waals surface area contributed by atoms with Gasteiger partial charge in [-0.05, 0) is 12.3 Å². The zero-order valence-electron chi connectivity index (χ0n) is 10.3. The number of carbonyl (C=O) groups is 2. The number of rotatable bonds is 4. The summed E-state index contributed by atoms with van der Waals surface area (Å²) in [6.45, 7) is -0.427. The molecule has 0 saturated heterocycles. The van der Waals surface area contributed by atoms with Gasteiger partial charge in [0.25, 0.3) is 0 Å². The third-order valence-electron chi connectivity index (χ3n) is 2.85. The van der Waals surface area contributed by atoms with Gasteiger partial charge in [-0.2, -0.15) is 0 Å². The van der Waals surface area contributed by atoms with E-state index in [1.165, 1.54) is 12.8 Å². The smallest absolute Gasteiger partial charge is 0.440 e. The van der Waals surface area contributed by atoms with Crippen molar-refractivity contribution >= 4 is 46.9 Å². The first-order valence-electron chi connectivity index (χ1n) is 6.06. The lowest BCUT2D eigenvalue weighted by Crippen LogP contribution is -2.30. The molecule has 5 nitrogen and oxygen atoms in total. The number of nitrogens with one attached hydrogen (secondary N) is 1. The molecule has 0 unspecified atom stereocenters. The summed E-state index contributed by atoms with van der Waals surface area (Å²) in [4.78, 5) is 26.9. The van der Waals surface area contributed by atoms with Gasteiger partial charge in [-0.15, -0.1) is 5.48 Å². The minimum atomic E-state index is -1.69. The third-order valence-corrected chi connectivity index (χ3v) is 3.17. The van der Waals surface area contributed by atoms with E-state index in [0.717, 1.165) is 19.3 Å². The summed E-state index contributed by atoms with van der Waals surface area (Å²) in [5, 5.41) is 0. The van der Waals surface area contributed by atoms with E-state index < -0.39 is 22.5 Å². The minimum absolute atomic E-state index is 0.273. The van der Waals surface area contributed by atoms with Crippen LogP contribution in [-0.2, 0) is 14.4 Å². The Kier molecular flexibility index (Phi) is 7.04. The van der Waals surface area contributed by atoms with Crippen LogP contribution in [0.1, 0.15) is 38.5 Å². The number of ether oxygens (including phenoxy) is 1. The number of hydroxylamine groups is 1. The van der Waals surface area contributed by atoms with Crippen molar-refractivity contribution in [2.24, 2.45) is 5.92 Å². The van der Waals surface area contributed by atoms with Crippen LogP contribution in [-0.4, -0.2) is 22.5 Å². The first-order chi connectivity index (χ1) is 8.87. The van der Waals surface area contributed by atoms with Crippen LogP contribution in [0, 0.1) is 5.92 Å². The molecule has 1 fully saturated rings. The molecule has 0 heterocycles. The Morgan fingerprint density at radius 3 is 2.42 bits per heavy atom. The van der Waals surface area contributed by atoms with Crippen molar-refractivity contribution in [1.29, 1.82) is 0 Å². The topological polar surface area (TPSA) is 64.6 Å². The quantitative estimate of drug-likeness (QED) is 0.632. The van der Waals surface area contributed by atoms with Crippen LogP contribution in [0.3, 0.4) is 0 Å². The molecule has 19 heavy (non-hydrogen) atoms. The molecule has 0 atom stereocenters. The van der Waals surface area contributed by atoms with Crippen molar-refractivity contribution in [3.63, 3.8) is 0 Å². The lowest BCUT2D eigenvalue weighted by Gasteiger charge is -2.12. The SMILES string of the molecule is O=C(CCC1CCCC1)ONC(=O)OCC(Cl)(Cl)Cl. The van der Waals surface area contributed by atoms with E-state index in [1.54, 1.807) is 0 Å². The highest BCUT2D eigenvalue weighted by Crippen LogP contribution is 2.28. The normalized spacial score (nSPS) is 16.2. The fourth-order valence-corrected chi connectivity index (χ4v) is 2.11. The van der Waals surface area contributed by atoms with Gasteiger partial charge in [0.1, 0.15) is 6.61 Å². The molecule has 0 aromatic carbocycles. The highest BCUT2D eigenvalue weighted by molar-refractivity contribution is 6.67. The maximum absolute atomic E-state index is 11.3. The summed E-state index contributed by atoms with van der Waals surface area (Å²) in [6, 6.07) is 0. The van der Waals surface area contributed by atoms with E-state index in [-0.39, 0.29) is 6.42 Å². The predicted octanol–water partition coefficient (Wildman–Crippen LogP) is 3.51. The summed E-state index contributed by atoms with van der Waals surface area (Å²) < 4.78 is 2.82. The molecule has 0 aliphatic heterocycles. The predicted molar refractivity (Wildman–Crippen MR) is 72.1 cm³/mol. The van der Waals surface area contributed by atoms with Gasteiger partial charge in [0, 0.05) is 6.42 Å². The largest absolute Gasteiger partial charge is 0.443 e. The van der Waals surface area contributed by atoms with Gasteiger partial charge in [0.15, 0.2) is 0 Å². The molecule has 1 saturated carbocycles. The van der Waals surface area contributed by atoms with E-state index >= 15 is 0 Å². The number of carbonyl (C=O) groups excluding carboxylic acids is 2. The van der Waals surface area contributed by atoms with E-state index in [9.17, 15) is 9.59 Å². The summed E-state index contributed by atoms with van der Waals surface area (Å²) >= 11 is 16.1. The second kappa shape index (κ2) is 8.02. The average molecular weight is 333 g/mol. The Hall–Kier alpha value is -0.390. The zero-order valence-corrected chi connectivity index (χ0v) is 12.6. The van der Waals surface area contributed by atoms with Gasteiger partial charge in [-0.1, -0.05) is 60.5 Å². The molecule has 0 bridgehead atoms. The molecule has 0 aromatic rings. The van der Waals surface area contributed by atoms with Gasteiger partial charge in [-0.3, -0.25) is 0 Å². The van der Waals surface area contributed by atoms with Crippen molar-refractivity contribution in [3.05, 3.63) is 0 Å². The van der Waals surface area contributed by atoms with E-state index in [1.807, 2.05) is 5.48 Å². The van der Waals surface area contributed by atoms with Crippen LogP contribution < -0.4 is 5.48 Å². The van der Waals surface area contributed by atoms with Gasteiger partial charge in [0.05, 0.1) is 0 Å². The Balaban J connectivity index is 2.07. The molecule has 110 valence electrons. The molecule has 0 aromatic heterocycles. The van der Waals surface area contributed by atoms with Crippen molar-refractivity contribution in [3.8, 4) is 0 Å². The second-order valence-corrected chi connectivity index (χ2v) is 6.97. The number of hydrogen-bond donors (Lipinski definition) is 1. The first kappa shape index (κ1) is 16.7. The highest BCUT2D eigenvalue weighted by Gasteiger charge is 2.22. The molecule has 1 rings (SSSR count). The van der Waals surface area contributed by atoms with Gasteiger partial charge < -0.3 is 9.57 Å². The molecule has 1 N–H and O–H groups in total. The number of alkyl halides is 3. The van der Waals surface area contributed by atoms with Crippen LogP contribution in [0.25, 0.3) is 0 Å². The van der Waals surface area contributed by atoms with Gasteiger partial charge >= 0.3 is 12.1 Å². The monoisotopic (exact) mass is 331 g/mol. The molecule has 1 aliphatic rings. The Bertz CT molecular complexity index is 314. The Labute approximate surface area is 126 Å². The zero-order chi connectivity index (χ0) is 14.3. The average Bonchev–Trinajstić information content (AvgIpc) is 2.83. The highest BCUT2D eigenvalue weighted by atomic mass is 35.6. The summed E-state index contributed by atoms with van der Waals surface area (Å²) in [6.07, 6.45) is 4.85. The van der Waals surface area contributed by atoms with E-state index in [2.05, 4.69) is 9.57 Å². The van der Waals surface area contributed by atoms with Crippen molar-refractivity contribution < 1.29 is 19.2 Å². The van der Waals surface area contributed by atoms with Crippen molar-refractivity contribution in [2.75, 3.05) is 6.61 Å². The number of hydrogen-bond acceptors (Lipinski definition) is 4. The standard InChI is InChI=1S/C11H16Cl3NO4/c12-11(13,14)7-18-10(17)15-19-9(16)6-5-8-3-1-2-4-8/h8H,1-7H2,(H,15,17). The van der Waals surface area contributed by atoms with Gasteiger partial charge in [0.2, 0.25) is 3.79 Å². The fourth-order valence-electron chi connectivity index (χ4n) is 1.95. The van der Waals surface area contributed by atoms with Gasteiger partial charge in [-0.25, -0.2) is 9.59 Å². The molecular formula is C11H16Cl3NO4. The number of amides is 1. The summed E-state index contributed by atoms with van der Waals surface area (Å²) in [5.41, 5.74) is 1.84. The fraction of sp³-hybridized carbons (Fsp3) is 0.818. The Morgan fingerprint density at radius 1 is 1.21 bits per heavy atom. The number of halogens is 3. The van der Waals surface area contributed by atoms with Crippen molar-refractivity contribution in [1.82, 2.24) is 5.48 Å². The van der Waals surface area contributed by atoms with Crippen LogP contribution in [0.4, 0.5) is 4.79 Å². The molecule has 1 aliphatic carbocycles. The van der Waals surface area contributed by atoms with E-state index in [4.69, 9.17) is 34.8 Å². The Morgan fingerprint density at radius 2 is 1.84 bits per heavy atom. The minimum Gasteiger partial charge on any atom is -0.443 e. The summed E-state index contributed by atoms with van der Waals surface area (Å²) in [5.74, 6) is 0.0848. The van der Waals surface area contributed by atoms with Crippen LogP contribution >= 0.6 is 34.8 Å². The molecule has 8 heteroatoms. The molecular weight excluding hydrogens is 316 g/mol. The van der Waals surface area contributed by atoms with Crippen LogP contribution in [0.2, 0.25) is 0 Å². The molecule has 0 spiro atoms. The van der Waals surface area contributed by atoms with Crippen LogP contribution in [0.15, 0.2) is 0 Å². The van der Waals surface area contributed by atoms with E-state index in [0.29, 0.717) is 5.92 Å².